The smallest absolute Gasteiger partial charge is 0.226 e. The van der Waals surface area contributed by atoms with Crippen LogP contribution in [0.25, 0.3) is 0 Å². The Kier molecular flexibility index (Phi) is 4.77. The van der Waals surface area contributed by atoms with E-state index in [1.54, 1.807) is 0 Å². The maximum atomic E-state index is 6.11. The molecule has 19 heavy (non-hydrogen) atoms. The van der Waals surface area contributed by atoms with Crippen LogP contribution in [0.1, 0.15) is 24.7 Å². The van der Waals surface area contributed by atoms with Crippen LogP contribution in [-0.2, 0) is 6.42 Å². The van der Waals surface area contributed by atoms with E-state index in [9.17, 15) is 0 Å². The Bertz CT molecular complexity index is 572. The van der Waals surface area contributed by atoms with E-state index in [0.29, 0.717) is 16.9 Å². The van der Waals surface area contributed by atoms with Crippen LogP contribution in [0.15, 0.2) is 28.7 Å². The van der Waals surface area contributed by atoms with Crippen LogP contribution in [0.5, 0.6) is 11.6 Å². The molecule has 3 nitrogen and oxygen atoms in total. The van der Waals surface area contributed by atoms with Gasteiger partial charge in [-0.1, -0.05) is 34.5 Å². The van der Waals surface area contributed by atoms with Gasteiger partial charge in [-0.25, -0.2) is 4.98 Å². The second-order valence-corrected chi connectivity index (χ2v) is 5.44. The van der Waals surface area contributed by atoms with Gasteiger partial charge in [0.25, 0.3) is 0 Å². The molecule has 2 aromatic rings. The molecule has 0 unspecified atom stereocenters. The van der Waals surface area contributed by atoms with E-state index in [2.05, 4.69) is 32.8 Å². The SMILES string of the molecule is CCCc1nc(Cl)c(C)c(Oc2ccc(Br)cc2)n1. The zero-order chi connectivity index (χ0) is 13.8. The summed E-state index contributed by atoms with van der Waals surface area (Å²) in [6, 6.07) is 7.58. The van der Waals surface area contributed by atoms with Gasteiger partial charge in [0.1, 0.15) is 16.7 Å². The van der Waals surface area contributed by atoms with Gasteiger partial charge in [-0.2, -0.15) is 4.98 Å². The first-order valence-corrected chi connectivity index (χ1v) is 7.23. The third-order valence-corrected chi connectivity index (χ3v) is 3.49. The molecule has 0 aliphatic heterocycles. The van der Waals surface area contributed by atoms with Crippen molar-refractivity contribution < 1.29 is 4.74 Å². The lowest BCUT2D eigenvalue weighted by Crippen LogP contribution is -2.00. The molecule has 0 radical (unpaired) electrons. The van der Waals surface area contributed by atoms with Crippen LogP contribution in [-0.4, -0.2) is 9.97 Å². The largest absolute Gasteiger partial charge is 0.439 e. The highest BCUT2D eigenvalue weighted by atomic mass is 79.9. The molecular weight excluding hydrogens is 328 g/mol. The van der Waals surface area contributed by atoms with Crippen molar-refractivity contribution in [1.29, 1.82) is 0 Å². The minimum absolute atomic E-state index is 0.450. The number of aromatic nitrogens is 2. The Labute approximate surface area is 126 Å². The number of halogens is 2. The molecular formula is C14H14BrClN2O. The maximum absolute atomic E-state index is 6.11. The number of rotatable bonds is 4. The standard InChI is InChI=1S/C14H14BrClN2O/c1-3-4-12-17-13(16)9(2)14(18-12)19-11-7-5-10(15)6-8-11/h5-8H,3-4H2,1-2H3. The summed E-state index contributed by atoms with van der Waals surface area (Å²) in [6.07, 6.45) is 1.76. The Hall–Kier alpha value is -1.13. The van der Waals surface area contributed by atoms with E-state index in [1.807, 2.05) is 31.2 Å². The highest BCUT2D eigenvalue weighted by molar-refractivity contribution is 9.10. The normalized spacial score (nSPS) is 10.5. The fourth-order valence-electron chi connectivity index (χ4n) is 1.56. The molecule has 0 aliphatic rings. The fraction of sp³-hybridized carbons (Fsp3) is 0.286. The molecule has 0 saturated heterocycles. The molecule has 1 aromatic heterocycles. The van der Waals surface area contributed by atoms with E-state index < -0.39 is 0 Å². The number of hydrogen-bond donors (Lipinski definition) is 0. The quantitative estimate of drug-likeness (QED) is 0.738. The van der Waals surface area contributed by atoms with E-state index >= 15 is 0 Å². The van der Waals surface area contributed by atoms with Gasteiger partial charge in [0.05, 0.1) is 0 Å². The molecule has 0 spiro atoms. The molecule has 5 heteroatoms. The molecule has 0 fully saturated rings. The van der Waals surface area contributed by atoms with Crippen molar-refractivity contribution in [3.05, 3.63) is 45.3 Å². The number of aryl methyl sites for hydroxylation is 1. The molecule has 0 bridgehead atoms. The van der Waals surface area contributed by atoms with Crippen LogP contribution < -0.4 is 4.74 Å². The number of ether oxygens (including phenoxy) is 1. The number of benzene rings is 1. The van der Waals surface area contributed by atoms with Crippen molar-refractivity contribution in [2.75, 3.05) is 0 Å². The van der Waals surface area contributed by atoms with Gasteiger partial charge in [0.2, 0.25) is 5.88 Å². The fourth-order valence-corrected chi connectivity index (χ4v) is 2.00. The van der Waals surface area contributed by atoms with Gasteiger partial charge in [-0.3, -0.25) is 0 Å². The topological polar surface area (TPSA) is 35.0 Å². The summed E-state index contributed by atoms with van der Waals surface area (Å²) in [5, 5.41) is 0.450. The zero-order valence-electron chi connectivity index (χ0n) is 10.8. The molecule has 1 heterocycles. The van der Waals surface area contributed by atoms with Crippen LogP contribution in [0, 0.1) is 6.92 Å². The minimum atomic E-state index is 0.450. The minimum Gasteiger partial charge on any atom is -0.439 e. The molecule has 0 atom stereocenters. The van der Waals surface area contributed by atoms with Crippen molar-refractivity contribution in [3.63, 3.8) is 0 Å². The van der Waals surface area contributed by atoms with E-state index in [1.165, 1.54) is 0 Å². The van der Waals surface area contributed by atoms with Crippen molar-refractivity contribution in [1.82, 2.24) is 9.97 Å². The monoisotopic (exact) mass is 340 g/mol. The van der Waals surface area contributed by atoms with Gasteiger partial charge in [-0.05, 0) is 37.6 Å². The molecule has 0 N–H and O–H groups in total. The zero-order valence-corrected chi connectivity index (χ0v) is 13.1. The summed E-state index contributed by atoms with van der Waals surface area (Å²) in [6.45, 7) is 3.93. The second-order valence-electron chi connectivity index (χ2n) is 4.17. The van der Waals surface area contributed by atoms with Crippen LogP contribution >= 0.6 is 27.5 Å². The molecule has 0 saturated carbocycles. The Morgan fingerprint density at radius 3 is 2.53 bits per heavy atom. The highest BCUT2D eigenvalue weighted by Gasteiger charge is 2.11. The summed E-state index contributed by atoms with van der Waals surface area (Å²) >= 11 is 9.49. The average Bonchev–Trinajstić information content (AvgIpc) is 2.38. The van der Waals surface area contributed by atoms with Gasteiger partial charge >= 0.3 is 0 Å². The molecule has 0 aliphatic carbocycles. The summed E-state index contributed by atoms with van der Waals surface area (Å²) in [5.74, 6) is 1.96. The van der Waals surface area contributed by atoms with Gasteiger partial charge in [-0.15, -0.1) is 0 Å². The van der Waals surface area contributed by atoms with Crippen molar-refractivity contribution in [2.24, 2.45) is 0 Å². The summed E-state index contributed by atoms with van der Waals surface area (Å²) < 4.78 is 6.78. The van der Waals surface area contributed by atoms with Crippen LogP contribution in [0.4, 0.5) is 0 Å². The van der Waals surface area contributed by atoms with Gasteiger partial charge in [0.15, 0.2) is 0 Å². The predicted octanol–water partition coefficient (Wildman–Crippen LogP) is 4.95. The maximum Gasteiger partial charge on any atom is 0.226 e. The van der Waals surface area contributed by atoms with Crippen LogP contribution in [0.3, 0.4) is 0 Å². The first-order valence-electron chi connectivity index (χ1n) is 6.06. The Balaban J connectivity index is 2.30. The lowest BCUT2D eigenvalue weighted by Gasteiger charge is -2.10. The average molecular weight is 342 g/mol. The summed E-state index contributed by atoms with van der Waals surface area (Å²) in [7, 11) is 0. The van der Waals surface area contributed by atoms with Crippen molar-refractivity contribution in [3.8, 4) is 11.6 Å². The van der Waals surface area contributed by atoms with E-state index in [4.69, 9.17) is 16.3 Å². The first-order chi connectivity index (χ1) is 9.10. The summed E-state index contributed by atoms with van der Waals surface area (Å²) in [5.41, 5.74) is 0.754. The third-order valence-electron chi connectivity index (χ3n) is 2.59. The Morgan fingerprint density at radius 1 is 1.21 bits per heavy atom. The van der Waals surface area contributed by atoms with Crippen molar-refractivity contribution in [2.45, 2.75) is 26.7 Å². The molecule has 2 rings (SSSR count). The summed E-state index contributed by atoms with van der Waals surface area (Å²) in [4.78, 5) is 8.66. The number of nitrogens with zero attached hydrogens (tertiary/aromatic N) is 2. The highest BCUT2D eigenvalue weighted by Crippen LogP contribution is 2.28. The van der Waals surface area contributed by atoms with Crippen LogP contribution in [0.2, 0.25) is 5.15 Å². The second kappa shape index (κ2) is 6.35. The lowest BCUT2D eigenvalue weighted by molar-refractivity contribution is 0.454. The van der Waals surface area contributed by atoms with Gasteiger partial charge < -0.3 is 4.74 Å². The molecule has 100 valence electrons. The molecule has 0 amide bonds. The predicted molar refractivity (Wildman–Crippen MR) is 80.0 cm³/mol. The molecule has 1 aromatic carbocycles. The third kappa shape index (κ3) is 3.67. The van der Waals surface area contributed by atoms with Gasteiger partial charge in [0, 0.05) is 16.5 Å². The Morgan fingerprint density at radius 2 is 1.89 bits per heavy atom. The lowest BCUT2D eigenvalue weighted by atomic mass is 10.3. The number of hydrogen-bond acceptors (Lipinski definition) is 3. The van der Waals surface area contributed by atoms with E-state index in [-0.39, 0.29) is 0 Å². The van der Waals surface area contributed by atoms with Crippen molar-refractivity contribution >= 4 is 27.5 Å². The first kappa shape index (κ1) is 14.3. The van der Waals surface area contributed by atoms with E-state index in [0.717, 1.165) is 28.6 Å².